The van der Waals surface area contributed by atoms with E-state index in [-0.39, 0.29) is 42.7 Å². The first kappa shape index (κ1) is 26.7. The van der Waals surface area contributed by atoms with Crippen LogP contribution in [0.1, 0.15) is 18.4 Å². The second-order valence-electron chi connectivity index (χ2n) is 7.91. The van der Waals surface area contributed by atoms with Gasteiger partial charge in [0.1, 0.15) is 12.4 Å². The summed E-state index contributed by atoms with van der Waals surface area (Å²) in [5, 5.41) is 22.1. The van der Waals surface area contributed by atoms with Crippen molar-refractivity contribution < 1.29 is 28.9 Å². The largest absolute Gasteiger partial charge is 0.447 e. The maximum Gasteiger partial charge on any atom is 0.414 e. The summed E-state index contributed by atoms with van der Waals surface area (Å²) in [7, 11) is 1.49. The molecule has 0 radical (unpaired) electrons. The third-order valence-electron chi connectivity index (χ3n) is 5.41. The highest BCUT2D eigenvalue weighted by molar-refractivity contribution is 6.31. The van der Waals surface area contributed by atoms with Crippen molar-refractivity contribution in [1.29, 1.82) is 0 Å². The van der Waals surface area contributed by atoms with E-state index in [2.05, 4.69) is 15.3 Å². The summed E-state index contributed by atoms with van der Waals surface area (Å²) < 4.78 is 18.9. The lowest BCUT2D eigenvalue weighted by Crippen LogP contribution is -2.43. The molecule has 1 heterocycles. The standard InChI is InChI=1S/C23H25Cl2FN4O5/c1-30(20(33)8-5-13-3-2-4-17(26)21(13)25)15(10-16(32)11-31)12-35-23(34)29-22-27-18-7-6-14(24)9-19(18)28-22/h2-4,6-7,9,15-16,31-32H,5,8,10-12H2,1H3,(H2,27,28,29,34)/t15-,16+/m0/s1. The Hall–Kier alpha value is -2.92. The highest BCUT2D eigenvalue weighted by Crippen LogP contribution is 2.22. The number of rotatable bonds is 10. The number of nitrogens with one attached hydrogen (secondary N) is 2. The van der Waals surface area contributed by atoms with E-state index >= 15 is 0 Å². The number of benzene rings is 2. The van der Waals surface area contributed by atoms with Gasteiger partial charge in [-0.1, -0.05) is 35.3 Å². The molecule has 0 saturated carbocycles. The number of fused-ring (bicyclic) bond motifs is 1. The van der Waals surface area contributed by atoms with Crippen LogP contribution in [-0.2, 0) is 16.0 Å². The third-order valence-corrected chi connectivity index (χ3v) is 6.07. The van der Waals surface area contributed by atoms with Gasteiger partial charge < -0.3 is 24.8 Å². The maximum atomic E-state index is 13.6. The number of halogens is 3. The van der Waals surface area contributed by atoms with E-state index in [4.69, 9.17) is 27.9 Å². The lowest BCUT2D eigenvalue weighted by atomic mass is 10.1. The van der Waals surface area contributed by atoms with Gasteiger partial charge >= 0.3 is 6.09 Å². The minimum Gasteiger partial charge on any atom is -0.447 e. The number of aryl methyl sites for hydroxylation is 1. The molecular formula is C23H25Cl2FN4O5. The van der Waals surface area contributed by atoms with Crippen LogP contribution >= 0.6 is 23.2 Å². The number of nitrogens with zero attached hydrogens (tertiary/aromatic N) is 2. The average Bonchev–Trinajstić information content (AvgIpc) is 3.22. The predicted octanol–water partition coefficient (Wildman–Crippen LogP) is 3.76. The Bertz CT molecular complexity index is 1190. The Morgan fingerprint density at radius 2 is 2.06 bits per heavy atom. The first-order valence-electron chi connectivity index (χ1n) is 10.7. The number of aliphatic hydroxyl groups excluding tert-OH is 2. The highest BCUT2D eigenvalue weighted by Gasteiger charge is 2.25. The summed E-state index contributed by atoms with van der Waals surface area (Å²) in [6, 6.07) is 8.65. The molecule has 12 heteroatoms. The number of aliphatic hydroxyl groups is 2. The molecule has 0 aliphatic rings. The molecule has 0 aliphatic carbocycles. The van der Waals surface area contributed by atoms with Crippen molar-refractivity contribution >= 4 is 52.2 Å². The molecule has 0 fully saturated rings. The summed E-state index contributed by atoms with van der Waals surface area (Å²) in [6.07, 6.45) is -1.77. The topological polar surface area (TPSA) is 128 Å². The van der Waals surface area contributed by atoms with Crippen LogP contribution in [0.15, 0.2) is 36.4 Å². The number of aromatic amines is 1. The maximum absolute atomic E-state index is 13.6. The van der Waals surface area contributed by atoms with Gasteiger partial charge in [0.25, 0.3) is 0 Å². The number of aromatic nitrogens is 2. The lowest BCUT2D eigenvalue weighted by molar-refractivity contribution is -0.133. The molecule has 0 aliphatic heterocycles. The van der Waals surface area contributed by atoms with Gasteiger partial charge in [-0.05, 0) is 42.7 Å². The van der Waals surface area contributed by atoms with Crippen molar-refractivity contribution in [2.45, 2.75) is 31.4 Å². The number of ether oxygens (including phenoxy) is 1. The van der Waals surface area contributed by atoms with Crippen molar-refractivity contribution in [3.05, 3.63) is 57.8 Å². The van der Waals surface area contributed by atoms with Gasteiger partial charge in [0.05, 0.1) is 34.8 Å². The summed E-state index contributed by atoms with van der Waals surface area (Å²) in [5.74, 6) is -0.755. The zero-order chi connectivity index (χ0) is 25.5. The first-order chi connectivity index (χ1) is 16.7. The van der Waals surface area contributed by atoms with Crippen LogP contribution in [-0.4, -0.2) is 69.5 Å². The van der Waals surface area contributed by atoms with E-state index in [0.29, 0.717) is 21.6 Å². The van der Waals surface area contributed by atoms with E-state index in [9.17, 15) is 24.2 Å². The molecule has 1 aromatic heterocycles. The second kappa shape index (κ2) is 12.2. The van der Waals surface area contributed by atoms with Crippen molar-refractivity contribution in [2.24, 2.45) is 0 Å². The van der Waals surface area contributed by atoms with E-state index in [1.54, 1.807) is 24.3 Å². The monoisotopic (exact) mass is 526 g/mol. The SMILES string of the molecule is CN(C(=O)CCc1cccc(F)c1Cl)[C@H](COC(=O)Nc1nc2ccc(Cl)cc2[nH]1)C[C@@H](O)CO. The first-order valence-corrected chi connectivity index (χ1v) is 11.5. The molecule has 3 aromatic rings. The molecule has 4 N–H and O–H groups in total. The molecule has 0 unspecified atom stereocenters. The van der Waals surface area contributed by atoms with Crippen molar-refractivity contribution in [3.63, 3.8) is 0 Å². The highest BCUT2D eigenvalue weighted by atomic mass is 35.5. The Kier molecular flexibility index (Phi) is 9.27. The fourth-order valence-electron chi connectivity index (χ4n) is 3.44. The number of amides is 2. The quantitative estimate of drug-likeness (QED) is 0.318. The summed E-state index contributed by atoms with van der Waals surface area (Å²) >= 11 is 11.9. The van der Waals surface area contributed by atoms with E-state index in [1.165, 1.54) is 24.1 Å². The van der Waals surface area contributed by atoms with Crippen LogP contribution in [0, 0.1) is 5.82 Å². The number of anilines is 1. The number of carbonyl (C=O) groups excluding carboxylic acids is 2. The van der Waals surface area contributed by atoms with Gasteiger partial charge in [0.2, 0.25) is 11.9 Å². The van der Waals surface area contributed by atoms with Gasteiger partial charge in [-0.3, -0.25) is 10.1 Å². The second-order valence-corrected chi connectivity index (χ2v) is 8.73. The van der Waals surface area contributed by atoms with Crippen LogP contribution in [0.2, 0.25) is 10.0 Å². The van der Waals surface area contributed by atoms with Crippen LogP contribution in [0.25, 0.3) is 11.0 Å². The Morgan fingerprint density at radius 1 is 1.29 bits per heavy atom. The van der Waals surface area contributed by atoms with Gasteiger partial charge in [-0.2, -0.15) is 0 Å². The Morgan fingerprint density at radius 3 is 2.80 bits per heavy atom. The third kappa shape index (κ3) is 7.28. The molecule has 0 spiro atoms. The fraction of sp³-hybridized carbons (Fsp3) is 0.348. The van der Waals surface area contributed by atoms with Crippen LogP contribution in [0.3, 0.4) is 0 Å². The van der Waals surface area contributed by atoms with Crippen molar-refractivity contribution in [3.8, 4) is 0 Å². The molecule has 2 atom stereocenters. The van der Waals surface area contributed by atoms with Crippen LogP contribution < -0.4 is 5.32 Å². The van der Waals surface area contributed by atoms with E-state index < -0.39 is 30.7 Å². The van der Waals surface area contributed by atoms with Gasteiger partial charge in [0, 0.05) is 18.5 Å². The van der Waals surface area contributed by atoms with Gasteiger partial charge in [-0.25, -0.2) is 14.2 Å². The molecule has 35 heavy (non-hydrogen) atoms. The van der Waals surface area contributed by atoms with Gasteiger partial charge in [0.15, 0.2) is 0 Å². The minimum atomic E-state index is -1.13. The zero-order valence-corrected chi connectivity index (χ0v) is 20.3. The molecular weight excluding hydrogens is 502 g/mol. The number of carbonyl (C=O) groups is 2. The van der Waals surface area contributed by atoms with Crippen LogP contribution in [0.5, 0.6) is 0 Å². The predicted molar refractivity (Wildman–Crippen MR) is 130 cm³/mol. The molecule has 9 nitrogen and oxygen atoms in total. The molecule has 2 amide bonds. The summed E-state index contributed by atoms with van der Waals surface area (Å²) in [6.45, 7) is -0.775. The average molecular weight is 527 g/mol. The fourth-order valence-corrected chi connectivity index (χ4v) is 3.83. The Balaban J connectivity index is 1.59. The molecule has 0 bridgehead atoms. The Labute approximate surface area is 210 Å². The normalized spacial score (nSPS) is 12.9. The minimum absolute atomic E-state index is 0.0130. The molecule has 3 rings (SSSR count). The number of H-pyrrole nitrogens is 1. The van der Waals surface area contributed by atoms with Crippen molar-refractivity contribution in [1.82, 2.24) is 14.9 Å². The number of likely N-dealkylation sites (N-methyl/N-ethyl adjacent to an activating group) is 1. The number of hydrogen-bond donors (Lipinski definition) is 4. The molecule has 188 valence electrons. The molecule has 0 saturated heterocycles. The summed E-state index contributed by atoms with van der Waals surface area (Å²) in [4.78, 5) is 33.5. The van der Waals surface area contributed by atoms with Crippen LogP contribution in [0.4, 0.5) is 15.1 Å². The number of hydrogen-bond acceptors (Lipinski definition) is 6. The van der Waals surface area contributed by atoms with Gasteiger partial charge in [-0.15, -0.1) is 0 Å². The lowest BCUT2D eigenvalue weighted by Gasteiger charge is -2.29. The molecule has 2 aromatic carbocycles. The number of imidazole rings is 1. The smallest absolute Gasteiger partial charge is 0.414 e. The summed E-state index contributed by atoms with van der Waals surface area (Å²) in [5.41, 5.74) is 1.71. The zero-order valence-electron chi connectivity index (χ0n) is 18.8. The van der Waals surface area contributed by atoms with E-state index in [1.807, 2.05) is 0 Å². The van der Waals surface area contributed by atoms with E-state index in [0.717, 1.165) is 0 Å². The van der Waals surface area contributed by atoms with Crippen molar-refractivity contribution in [2.75, 3.05) is 25.6 Å².